The lowest BCUT2D eigenvalue weighted by Gasteiger charge is -2.25. The van der Waals surface area contributed by atoms with Gasteiger partial charge in [0.25, 0.3) is 0 Å². The molecular formula is C12H21NO3. The number of carbonyl (C=O) groups is 2. The molecule has 0 fully saturated rings. The Morgan fingerprint density at radius 1 is 1.44 bits per heavy atom. The van der Waals surface area contributed by atoms with E-state index in [1.807, 2.05) is 13.8 Å². The van der Waals surface area contributed by atoms with E-state index in [2.05, 4.69) is 11.9 Å². The third-order valence-corrected chi connectivity index (χ3v) is 2.21. The molecule has 0 aromatic heterocycles. The Hall–Kier alpha value is -1.32. The normalized spacial score (nSPS) is 12.8. The van der Waals surface area contributed by atoms with E-state index in [-0.39, 0.29) is 12.0 Å². The van der Waals surface area contributed by atoms with Crippen LogP contribution in [0.1, 0.15) is 41.0 Å². The molecule has 16 heavy (non-hydrogen) atoms. The van der Waals surface area contributed by atoms with Crippen molar-refractivity contribution in [3.8, 4) is 0 Å². The molecule has 4 nitrogen and oxygen atoms in total. The summed E-state index contributed by atoms with van der Waals surface area (Å²) in [7, 11) is 0. The molecule has 0 aromatic carbocycles. The summed E-state index contributed by atoms with van der Waals surface area (Å²) in [5.41, 5.74) is -0.663. The standard InChI is InChI=1S/C12H21NO3/c1-7-9(4)16-11(15)12(5,6)13-10(14)8(2)3/h9H,2,7H2,1,3-6H3,(H,13,14). The first-order chi connectivity index (χ1) is 7.20. The van der Waals surface area contributed by atoms with Gasteiger partial charge in [-0.05, 0) is 34.1 Å². The lowest BCUT2D eigenvalue weighted by molar-refractivity contribution is -0.156. The van der Waals surface area contributed by atoms with Gasteiger partial charge in [-0.3, -0.25) is 4.79 Å². The van der Waals surface area contributed by atoms with Crippen molar-refractivity contribution >= 4 is 11.9 Å². The van der Waals surface area contributed by atoms with Gasteiger partial charge in [-0.2, -0.15) is 0 Å². The minimum absolute atomic E-state index is 0.145. The third-order valence-electron chi connectivity index (χ3n) is 2.21. The molecule has 1 amide bonds. The van der Waals surface area contributed by atoms with Crippen LogP contribution in [-0.2, 0) is 14.3 Å². The van der Waals surface area contributed by atoms with Crippen LogP contribution in [0.15, 0.2) is 12.2 Å². The summed E-state index contributed by atoms with van der Waals surface area (Å²) in [6, 6.07) is 0. The summed E-state index contributed by atoms with van der Waals surface area (Å²) in [6.07, 6.45) is 0.601. The van der Waals surface area contributed by atoms with Crippen molar-refractivity contribution < 1.29 is 14.3 Å². The molecule has 0 aliphatic heterocycles. The van der Waals surface area contributed by atoms with E-state index in [9.17, 15) is 9.59 Å². The van der Waals surface area contributed by atoms with E-state index in [0.29, 0.717) is 5.57 Å². The average molecular weight is 227 g/mol. The van der Waals surface area contributed by atoms with Crippen LogP contribution in [-0.4, -0.2) is 23.5 Å². The molecule has 1 atom stereocenters. The number of hydrogen-bond acceptors (Lipinski definition) is 3. The van der Waals surface area contributed by atoms with Crippen molar-refractivity contribution in [1.29, 1.82) is 0 Å². The number of carbonyl (C=O) groups excluding carboxylic acids is 2. The number of amides is 1. The van der Waals surface area contributed by atoms with Crippen molar-refractivity contribution in [2.75, 3.05) is 0 Å². The van der Waals surface area contributed by atoms with E-state index in [1.165, 1.54) is 0 Å². The Kier molecular flexibility index (Phi) is 5.21. The molecule has 1 N–H and O–H groups in total. The summed E-state index contributed by atoms with van der Waals surface area (Å²) in [5, 5.41) is 2.57. The monoisotopic (exact) mass is 227 g/mol. The number of ether oxygens (including phenoxy) is 1. The fourth-order valence-corrected chi connectivity index (χ4v) is 0.855. The minimum Gasteiger partial charge on any atom is -0.461 e. The van der Waals surface area contributed by atoms with Gasteiger partial charge in [0.2, 0.25) is 5.91 Å². The van der Waals surface area contributed by atoms with Gasteiger partial charge in [-0.15, -0.1) is 0 Å². The molecule has 0 heterocycles. The van der Waals surface area contributed by atoms with Crippen LogP contribution in [0.2, 0.25) is 0 Å². The molecule has 0 bridgehead atoms. The Balaban J connectivity index is 4.48. The van der Waals surface area contributed by atoms with Crippen molar-refractivity contribution in [3.63, 3.8) is 0 Å². The molecule has 0 saturated carbocycles. The molecule has 0 aliphatic rings. The molecule has 92 valence electrons. The second-order valence-electron chi connectivity index (χ2n) is 4.48. The fourth-order valence-electron chi connectivity index (χ4n) is 0.855. The van der Waals surface area contributed by atoms with Crippen LogP contribution in [0.4, 0.5) is 0 Å². The highest BCUT2D eigenvalue weighted by atomic mass is 16.5. The van der Waals surface area contributed by atoms with E-state index in [1.54, 1.807) is 20.8 Å². The van der Waals surface area contributed by atoms with Crippen molar-refractivity contribution in [1.82, 2.24) is 5.32 Å². The topological polar surface area (TPSA) is 55.4 Å². The largest absolute Gasteiger partial charge is 0.461 e. The summed E-state index contributed by atoms with van der Waals surface area (Å²) in [5.74, 6) is -0.775. The Morgan fingerprint density at radius 3 is 2.31 bits per heavy atom. The van der Waals surface area contributed by atoms with Crippen molar-refractivity contribution in [2.45, 2.75) is 52.7 Å². The molecule has 0 spiro atoms. The van der Waals surface area contributed by atoms with E-state index < -0.39 is 11.5 Å². The molecule has 0 saturated heterocycles. The van der Waals surface area contributed by atoms with Crippen LogP contribution in [0.3, 0.4) is 0 Å². The molecule has 0 aromatic rings. The molecular weight excluding hydrogens is 206 g/mol. The maximum Gasteiger partial charge on any atom is 0.331 e. The fraction of sp³-hybridized carbons (Fsp3) is 0.667. The maximum atomic E-state index is 11.7. The molecule has 4 heteroatoms. The van der Waals surface area contributed by atoms with E-state index in [4.69, 9.17) is 4.74 Å². The summed E-state index contributed by atoms with van der Waals surface area (Å²) >= 11 is 0. The highest BCUT2D eigenvalue weighted by molar-refractivity contribution is 5.96. The van der Waals surface area contributed by atoms with Crippen LogP contribution < -0.4 is 5.32 Å². The highest BCUT2D eigenvalue weighted by Crippen LogP contribution is 2.09. The number of rotatable bonds is 5. The summed E-state index contributed by atoms with van der Waals surface area (Å²) < 4.78 is 5.16. The average Bonchev–Trinajstić information content (AvgIpc) is 2.16. The molecule has 0 radical (unpaired) electrons. The first kappa shape index (κ1) is 14.7. The smallest absolute Gasteiger partial charge is 0.331 e. The minimum atomic E-state index is -1.03. The van der Waals surface area contributed by atoms with Crippen LogP contribution >= 0.6 is 0 Å². The quantitative estimate of drug-likeness (QED) is 0.575. The van der Waals surface area contributed by atoms with Gasteiger partial charge in [-0.1, -0.05) is 13.5 Å². The lowest BCUT2D eigenvalue weighted by atomic mass is 10.1. The van der Waals surface area contributed by atoms with Crippen LogP contribution in [0.25, 0.3) is 0 Å². The first-order valence-electron chi connectivity index (χ1n) is 5.39. The summed E-state index contributed by atoms with van der Waals surface area (Å²) in [4.78, 5) is 23.1. The third kappa shape index (κ3) is 4.47. The Labute approximate surface area is 97.1 Å². The van der Waals surface area contributed by atoms with Gasteiger partial charge in [0.1, 0.15) is 5.54 Å². The Bertz CT molecular complexity index is 295. The second-order valence-corrected chi connectivity index (χ2v) is 4.48. The number of hydrogen-bond donors (Lipinski definition) is 1. The van der Waals surface area contributed by atoms with Gasteiger partial charge in [0.15, 0.2) is 0 Å². The predicted octanol–water partition coefficient (Wildman–Crippen LogP) is 1.80. The number of nitrogens with one attached hydrogen (secondary N) is 1. The molecule has 1 unspecified atom stereocenters. The SMILES string of the molecule is C=C(C)C(=O)NC(C)(C)C(=O)OC(C)CC. The predicted molar refractivity (Wildman–Crippen MR) is 62.9 cm³/mol. The maximum absolute atomic E-state index is 11.7. The highest BCUT2D eigenvalue weighted by Gasteiger charge is 2.32. The summed E-state index contributed by atoms with van der Waals surface area (Å²) in [6.45, 7) is 12.1. The molecule has 0 aliphatic carbocycles. The zero-order valence-electron chi connectivity index (χ0n) is 10.7. The Morgan fingerprint density at radius 2 is 1.94 bits per heavy atom. The van der Waals surface area contributed by atoms with Gasteiger partial charge in [0.05, 0.1) is 6.10 Å². The van der Waals surface area contributed by atoms with E-state index in [0.717, 1.165) is 6.42 Å². The van der Waals surface area contributed by atoms with Gasteiger partial charge < -0.3 is 10.1 Å². The second kappa shape index (κ2) is 5.68. The lowest BCUT2D eigenvalue weighted by Crippen LogP contribution is -2.51. The zero-order chi connectivity index (χ0) is 12.9. The van der Waals surface area contributed by atoms with Crippen molar-refractivity contribution in [2.24, 2.45) is 0 Å². The van der Waals surface area contributed by atoms with Gasteiger partial charge >= 0.3 is 5.97 Å². The van der Waals surface area contributed by atoms with Gasteiger partial charge in [0, 0.05) is 5.57 Å². The molecule has 0 rings (SSSR count). The van der Waals surface area contributed by atoms with Gasteiger partial charge in [-0.25, -0.2) is 4.79 Å². The zero-order valence-corrected chi connectivity index (χ0v) is 10.7. The van der Waals surface area contributed by atoms with E-state index >= 15 is 0 Å². The number of esters is 1. The van der Waals surface area contributed by atoms with Crippen molar-refractivity contribution in [3.05, 3.63) is 12.2 Å². The van der Waals surface area contributed by atoms with Crippen LogP contribution in [0.5, 0.6) is 0 Å². The van der Waals surface area contributed by atoms with Crippen LogP contribution in [0, 0.1) is 0 Å². The first-order valence-corrected chi connectivity index (χ1v) is 5.39.